The smallest absolute Gasteiger partial charge is 0.268 e. The molecule has 0 saturated carbocycles. The fourth-order valence-electron chi connectivity index (χ4n) is 2.40. The molecule has 6 nitrogen and oxygen atoms in total. The van der Waals surface area contributed by atoms with Gasteiger partial charge in [0.15, 0.2) is 0 Å². The molecule has 0 spiro atoms. The van der Waals surface area contributed by atoms with E-state index in [-0.39, 0.29) is 5.91 Å². The maximum absolute atomic E-state index is 11.6. The Kier molecular flexibility index (Phi) is 5.98. The van der Waals surface area contributed by atoms with Crippen LogP contribution in [0.4, 0.5) is 0 Å². The topological polar surface area (TPSA) is 76.8 Å². The highest BCUT2D eigenvalue weighted by Gasteiger charge is 2.17. The highest BCUT2D eigenvalue weighted by Crippen LogP contribution is 2.17. The van der Waals surface area contributed by atoms with Crippen molar-refractivity contribution in [1.29, 1.82) is 0 Å². The van der Waals surface area contributed by atoms with E-state index in [0.29, 0.717) is 24.0 Å². The number of amides is 1. The average molecular weight is 293 g/mol. The van der Waals surface area contributed by atoms with Crippen molar-refractivity contribution in [1.82, 2.24) is 10.3 Å². The number of nitrogens with two attached hydrogens (primary N) is 1. The molecule has 116 valence electrons. The Balaban J connectivity index is 1.78. The zero-order valence-electron chi connectivity index (χ0n) is 12.4. The lowest BCUT2D eigenvalue weighted by Crippen LogP contribution is -2.32. The quantitative estimate of drug-likeness (QED) is 0.441. The van der Waals surface area contributed by atoms with Crippen LogP contribution in [-0.2, 0) is 4.74 Å². The van der Waals surface area contributed by atoms with Gasteiger partial charge in [0, 0.05) is 19.7 Å². The molecule has 3 N–H and O–H groups in total. The molecule has 6 heteroatoms. The summed E-state index contributed by atoms with van der Waals surface area (Å²) in [5.41, 5.74) is 2.57. The van der Waals surface area contributed by atoms with Crippen molar-refractivity contribution in [2.75, 3.05) is 33.4 Å². The highest BCUT2D eigenvalue weighted by atomic mass is 16.5. The van der Waals surface area contributed by atoms with Gasteiger partial charge in [0.2, 0.25) is 0 Å². The van der Waals surface area contributed by atoms with Crippen molar-refractivity contribution >= 4 is 5.91 Å². The lowest BCUT2D eigenvalue weighted by atomic mass is 10.2. The molecule has 1 heterocycles. The maximum atomic E-state index is 11.6. The Hall–Kier alpha value is -1.63. The van der Waals surface area contributed by atoms with Crippen LogP contribution in [0, 0.1) is 0 Å². The minimum Gasteiger partial charge on any atom is -0.491 e. The molecule has 0 aliphatic carbocycles. The summed E-state index contributed by atoms with van der Waals surface area (Å²) in [5.74, 6) is 5.36. The van der Waals surface area contributed by atoms with E-state index in [9.17, 15) is 4.79 Å². The van der Waals surface area contributed by atoms with Crippen LogP contribution in [-0.4, -0.2) is 50.3 Å². The summed E-state index contributed by atoms with van der Waals surface area (Å²) in [7, 11) is 2.05. The van der Waals surface area contributed by atoms with Gasteiger partial charge in [-0.25, -0.2) is 5.84 Å². The number of nitrogens with one attached hydrogen (secondary N) is 1. The molecule has 1 fully saturated rings. The van der Waals surface area contributed by atoms with Crippen molar-refractivity contribution in [3.63, 3.8) is 0 Å². The monoisotopic (exact) mass is 293 g/mol. The highest BCUT2D eigenvalue weighted by molar-refractivity contribution is 5.96. The van der Waals surface area contributed by atoms with Crippen molar-refractivity contribution in [2.45, 2.75) is 18.9 Å². The number of nitrogen functional groups attached to an aromatic ring is 1. The lowest BCUT2D eigenvalue weighted by molar-refractivity contribution is 0.0770. The second-order valence-corrected chi connectivity index (χ2v) is 5.22. The summed E-state index contributed by atoms with van der Waals surface area (Å²) >= 11 is 0. The number of nitrogens with zero attached hydrogens (tertiary/aromatic N) is 1. The SMILES string of the molecule is CN(CCOc1ccccc1C(=O)NN)CC1CCCO1. The number of benzene rings is 1. The van der Waals surface area contributed by atoms with Crippen LogP contribution in [0.1, 0.15) is 23.2 Å². The van der Waals surface area contributed by atoms with E-state index in [1.807, 2.05) is 13.1 Å². The van der Waals surface area contributed by atoms with Gasteiger partial charge in [-0.05, 0) is 32.0 Å². The van der Waals surface area contributed by atoms with Crippen LogP contribution in [0.15, 0.2) is 24.3 Å². The molecule has 1 aromatic carbocycles. The number of hydrazine groups is 1. The zero-order chi connectivity index (χ0) is 15.1. The van der Waals surface area contributed by atoms with Crippen molar-refractivity contribution in [3.8, 4) is 5.75 Å². The summed E-state index contributed by atoms with van der Waals surface area (Å²) in [6.45, 7) is 3.07. The summed E-state index contributed by atoms with van der Waals surface area (Å²) in [6, 6.07) is 7.07. The molecule has 1 unspecified atom stereocenters. The number of likely N-dealkylation sites (N-methyl/N-ethyl adjacent to an activating group) is 1. The first kappa shape index (κ1) is 15.8. The van der Waals surface area contributed by atoms with Crippen LogP contribution in [0.5, 0.6) is 5.75 Å². The molecule has 21 heavy (non-hydrogen) atoms. The fourth-order valence-corrected chi connectivity index (χ4v) is 2.40. The Labute approximate surface area is 125 Å². The van der Waals surface area contributed by atoms with Crippen molar-refractivity contribution in [2.24, 2.45) is 5.84 Å². The first-order chi connectivity index (χ1) is 10.2. The number of rotatable bonds is 7. The summed E-state index contributed by atoms with van der Waals surface area (Å²) < 4.78 is 11.3. The van der Waals surface area contributed by atoms with Crippen molar-refractivity contribution in [3.05, 3.63) is 29.8 Å². The number of hydrogen-bond donors (Lipinski definition) is 2. The largest absolute Gasteiger partial charge is 0.491 e. The van der Waals surface area contributed by atoms with Crippen LogP contribution in [0.3, 0.4) is 0 Å². The maximum Gasteiger partial charge on any atom is 0.268 e. The second-order valence-electron chi connectivity index (χ2n) is 5.22. The molecule has 0 radical (unpaired) electrons. The molecule has 1 aliphatic heterocycles. The van der Waals surface area contributed by atoms with Gasteiger partial charge < -0.3 is 14.4 Å². The molecule has 1 atom stereocenters. The second kappa shape index (κ2) is 7.97. The van der Waals surface area contributed by atoms with Gasteiger partial charge in [0.05, 0.1) is 11.7 Å². The fraction of sp³-hybridized carbons (Fsp3) is 0.533. The molecule has 0 aromatic heterocycles. The van der Waals surface area contributed by atoms with Gasteiger partial charge in [-0.15, -0.1) is 0 Å². The minimum atomic E-state index is -0.349. The molecule has 1 aliphatic rings. The molecular formula is C15H23N3O3. The van der Waals surface area contributed by atoms with Gasteiger partial charge in [0.25, 0.3) is 5.91 Å². The molecule has 1 amide bonds. The number of carbonyl (C=O) groups is 1. The first-order valence-electron chi connectivity index (χ1n) is 7.23. The Morgan fingerprint density at radius 2 is 2.33 bits per heavy atom. The summed E-state index contributed by atoms with van der Waals surface area (Å²) in [4.78, 5) is 13.8. The van der Waals surface area contributed by atoms with Crippen LogP contribution in [0.25, 0.3) is 0 Å². The predicted molar refractivity (Wildman–Crippen MR) is 80.1 cm³/mol. The third kappa shape index (κ3) is 4.70. The molecule has 2 rings (SSSR count). The normalized spacial score (nSPS) is 18.0. The van der Waals surface area contributed by atoms with Gasteiger partial charge >= 0.3 is 0 Å². The van der Waals surface area contributed by atoms with Crippen LogP contribution in [0.2, 0.25) is 0 Å². The first-order valence-corrected chi connectivity index (χ1v) is 7.23. The Morgan fingerprint density at radius 1 is 1.52 bits per heavy atom. The number of hydrogen-bond acceptors (Lipinski definition) is 5. The minimum absolute atomic E-state index is 0.338. The third-order valence-electron chi connectivity index (χ3n) is 3.53. The van der Waals surface area contributed by atoms with E-state index in [1.165, 1.54) is 0 Å². The summed E-state index contributed by atoms with van der Waals surface area (Å²) in [6.07, 6.45) is 2.62. The van der Waals surface area contributed by atoms with Gasteiger partial charge in [-0.3, -0.25) is 10.2 Å². The molecular weight excluding hydrogens is 270 g/mol. The van der Waals surface area contributed by atoms with E-state index in [1.54, 1.807) is 18.2 Å². The lowest BCUT2D eigenvalue weighted by Gasteiger charge is -2.20. The average Bonchev–Trinajstić information content (AvgIpc) is 3.00. The van der Waals surface area contributed by atoms with E-state index >= 15 is 0 Å². The number of ether oxygens (including phenoxy) is 2. The number of carbonyl (C=O) groups excluding carboxylic acids is 1. The van der Waals surface area contributed by atoms with E-state index in [0.717, 1.165) is 32.5 Å². The number of para-hydroxylation sites is 1. The van der Waals surface area contributed by atoms with Gasteiger partial charge in [0.1, 0.15) is 12.4 Å². The van der Waals surface area contributed by atoms with Crippen molar-refractivity contribution < 1.29 is 14.3 Å². The van der Waals surface area contributed by atoms with Crippen LogP contribution >= 0.6 is 0 Å². The predicted octanol–water partition coefficient (Wildman–Crippen LogP) is 0.780. The van der Waals surface area contributed by atoms with Gasteiger partial charge in [-0.1, -0.05) is 12.1 Å². The molecule has 1 saturated heterocycles. The third-order valence-corrected chi connectivity index (χ3v) is 3.53. The van der Waals surface area contributed by atoms with E-state index in [4.69, 9.17) is 15.3 Å². The zero-order valence-corrected chi connectivity index (χ0v) is 12.4. The molecule has 1 aromatic rings. The van der Waals surface area contributed by atoms with Gasteiger partial charge in [-0.2, -0.15) is 0 Å². The van der Waals surface area contributed by atoms with E-state index < -0.39 is 0 Å². The van der Waals surface area contributed by atoms with Crippen LogP contribution < -0.4 is 16.0 Å². The van der Waals surface area contributed by atoms with E-state index in [2.05, 4.69) is 10.3 Å². The summed E-state index contributed by atoms with van der Waals surface area (Å²) in [5, 5.41) is 0. The Morgan fingerprint density at radius 3 is 3.05 bits per heavy atom. The Bertz CT molecular complexity index is 461. The molecule has 0 bridgehead atoms. The standard InChI is InChI=1S/C15H23N3O3/c1-18(11-12-5-4-9-20-12)8-10-21-14-7-3-2-6-13(14)15(19)17-16/h2-3,6-7,12H,4-5,8-11,16H2,1H3,(H,17,19).